The predicted molar refractivity (Wildman–Crippen MR) is 110 cm³/mol. The van der Waals surface area contributed by atoms with Crippen LogP contribution in [0.4, 0.5) is 11.4 Å². The molecule has 2 fully saturated rings. The molecule has 0 bridgehead atoms. The average molecular weight is 389 g/mol. The molecule has 1 aromatic rings. The van der Waals surface area contributed by atoms with E-state index in [1.54, 1.807) is 4.90 Å². The summed E-state index contributed by atoms with van der Waals surface area (Å²) < 4.78 is 5.58. The second-order valence-electron chi connectivity index (χ2n) is 8.34. The molecule has 2 aliphatic rings. The Morgan fingerprint density at radius 1 is 1.25 bits per heavy atom. The molecular weight excluding hydrogens is 356 g/mol. The van der Waals surface area contributed by atoms with Crippen LogP contribution >= 0.6 is 0 Å². The van der Waals surface area contributed by atoms with Gasteiger partial charge in [0.05, 0.1) is 6.67 Å². The Balaban J connectivity index is 1.82. The number of nitrogens with one attached hydrogen (secondary N) is 1. The van der Waals surface area contributed by atoms with E-state index in [4.69, 9.17) is 4.74 Å². The monoisotopic (exact) mass is 388 g/mol. The van der Waals surface area contributed by atoms with E-state index in [1.807, 2.05) is 37.8 Å². The number of ether oxygens (including phenoxy) is 1. The molecule has 3 rings (SSSR count). The molecule has 2 heterocycles. The zero-order chi connectivity index (χ0) is 20.5. The van der Waals surface area contributed by atoms with E-state index in [9.17, 15) is 9.59 Å². The molecular formula is C21H32N4O3. The highest BCUT2D eigenvalue weighted by molar-refractivity contribution is 6.00. The summed E-state index contributed by atoms with van der Waals surface area (Å²) in [6, 6.07) is 7.26. The van der Waals surface area contributed by atoms with Crippen molar-refractivity contribution in [3.05, 3.63) is 24.3 Å². The van der Waals surface area contributed by atoms with Crippen molar-refractivity contribution in [1.29, 1.82) is 0 Å². The lowest BCUT2D eigenvalue weighted by atomic mass is 10.1. The van der Waals surface area contributed by atoms with Gasteiger partial charge in [-0.05, 0) is 52.8 Å². The molecule has 28 heavy (non-hydrogen) atoms. The van der Waals surface area contributed by atoms with Crippen LogP contribution < -0.4 is 15.1 Å². The minimum atomic E-state index is -0.550. The van der Waals surface area contributed by atoms with Crippen molar-refractivity contribution < 1.29 is 14.3 Å². The number of fused-ring (bicyclic) bond motifs is 1. The first kappa shape index (κ1) is 20.6. The lowest BCUT2D eigenvalue weighted by Crippen LogP contribution is -2.60. The second kappa shape index (κ2) is 8.09. The van der Waals surface area contributed by atoms with E-state index < -0.39 is 11.6 Å². The van der Waals surface area contributed by atoms with Gasteiger partial charge in [0.1, 0.15) is 17.7 Å². The van der Waals surface area contributed by atoms with Gasteiger partial charge in [-0.2, -0.15) is 0 Å². The third-order valence-electron chi connectivity index (χ3n) is 5.28. The molecule has 2 saturated heterocycles. The van der Waals surface area contributed by atoms with Gasteiger partial charge in [0.2, 0.25) is 5.91 Å². The van der Waals surface area contributed by atoms with Gasteiger partial charge in [-0.3, -0.25) is 19.4 Å². The van der Waals surface area contributed by atoms with E-state index in [1.165, 1.54) is 0 Å². The molecule has 0 radical (unpaired) electrons. The van der Waals surface area contributed by atoms with Crippen molar-refractivity contribution in [3.63, 3.8) is 0 Å². The Bertz CT molecular complexity index is 727. The third kappa shape index (κ3) is 4.15. The zero-order valence-corrected chi connectivity index (χ0v) is 17.6. The van der Waals surface area contributed by atoms with Crippen LogP contribution in [0.5, 0.6) is 0 Å². The lowest BCUT2D eigenvalue weighted by Gasteiger charge is -2.35. The number of benzene rings is 1. The summed E-state index contributed by atoms with van der Waals surface area (Å²) in [7, 11) is 0. The predicted octanol–water partition coefficient (Wildman–Crippen LogP) is 1.82. The molecule has 2 unspecified atom stereocenters. The van der Waals surface area contributed by atoms with Gasteiger partial charge >= 0.3 is 5.97 Å². The zero-order valence-electron chi connectivity index (χ0n) is 17.6. The standard InChI is InChI=1S/C21H32N4O3/c1-6-23(7-2)15-9-8-10-16(11-15)24-14-25-17(19(24)26)12-22-13-18(25)20(27)28-21(3,4)5/h8-11,17-18,22H,6-7,12-14H2,1-5H3. The molecule has 154 valence electrons. The van der Waals surface area contributed by atoms with Crippen LogP contribution in [0.1, 0.15) is 34.6 Å². The topological polar surface area (TPSA) is 65.1 Å². The molecule has 2 atom stereocenters. The third-order valence-corrected chi connectivity index (χ3v) is 5.28. The van der Waals surface area contributed by atoms with Crippen LogP contribution in [0.25, 0.3) is 0 Å². The van der Waals surface area contributed by atoms with Crippen LogP contribution in [-0.2, 0) is 14.3 Å². The van der Waals surface area contributed by atoms with Crippen LogP contribution in [0.2, 0.25) is 0 Å². The molecule has 0 aliphatic carbocycles. The first-order valence-electron chi connectivity index (χ1n) is 10.1. The van der Waals surface area contributed by atoms with Gasteiger partial charge < -0.3 is 15.0 Å². The van der Waals surface area contributed by atoms with Crippen molar-refractivity contribution in [2.45, 2.75) is 52.3 Å². The van der Waals surface area contributed by atoms with E-state index in [0.717, 1.165) is 24.5 Å². The SMILES string of the molecule is CCN(CC)c1cccc(N2CN3C(C(=O)OC(C)(C)C)CNCC3C2=O)c1. The fourth-order valence-corrected chi connectivity index (χ4v) is 3.89. The van der Waals surface area contributed by atoms with Gasteiger partial charge in [-0.1, -0.05) is 6.07 Å². The van der Waals surface area contributed by atoms with Crippen molar-refractivity contribution >= 4 is 23.3 Å². The van der Waals surface area contributed by atoms with Gasteiger partial charge in [0.15, 0.2) is 0 Å². The quantitative estimate of drug-likeness (QED) is 0.777. The summed E-state index contributed by atoms with van der Waals surface area (Å²) >= 11 is 0. The van der Waals surface area contributed by atoms with Gasteiger partial charge in [-0.15, -0.1) is 0 Å². The fraction of sp³-hybridized carbons (Fsp3) is 0.619. The first-order chi connectivity index (χ1) is 13.2. The molecule has 1 aromatic carbocycles. The van der Waals surface area contributed by atoms with E-state index in [0.29, 0.717) is 19.8 Å². The Labute approximate surface area is 167 Å². The second-order valence-corrected chi connectivity index (χ2v) is 8.34. The van der Waals surface area contributed by atoms with Gasteiger partial charge in [0.25, 0.3) is 0 Å². The Hall–Kier alpha value is -2.12. The maximum absolute atomic E-state index is 13.1. The molecule has 1 N–H and O–H groups in total. The number of hydrogen-bond donors (Lipinski definition) is 1. The average Bonchev–Trinajstić information content (AvgIpc) is 2.98. The summed E-state index contributed by atoms with van der Waals surface area (Å²) in [5.41, 5.74) is 1.42. The summed E-state index contributed by atoms with van der Waals surface area (Å²) in [5.74, 6) is -0.256. The molecule has 0 spiro atoms. The fourth-order valence-electron chi connectivity index (χ4n) is 3.89. The number of nitrogens with zero attached hydrogens (tertiary/aromatic N) is 3. The smallest absolute Gasteiger partial charge is 0.325 e. The Kier molecular flexibility index (Phi) is 5.95. The highest BCUT2D eigenvalue weighted by Gasteiger charge is 2.47. The van der Waals surface area contributed by atoms with Crippen molar-refractivity contribution in [2.24, 2.45) is 0 Å². The summed E-state index contributed by atoms with van der Waals surface area (Å²) in [6.07, 6.45) is 0. The molecule has 2 aliphatic heterocycles. The van der Waals surface area contributed by atoms with Gasteiger partial charge in [0, 0.05) is 37.6 Å². The van der Waals surface area contributed by atoms with Crippen LogP contribution in [-0.4, -0.2) is 67.3 Å². The maximum atomic E-state index is 13.1. The number of carbonyl (C=O) groups excluding carboxylic acids is 2. The van der Waals surface area contributed by atoms with Gasteiger partial charge in [-0.25, -0.2) is 0 Å². The number of amides is 1. The van der Waals surface area contributed by atoms with E-state index >= 15 is 0 Å². The number of esters is 1. The Morgan fingerprint density at radius 2 is 1.96 bits per heavy atom. The minimum absolute atomic E-state index is 0.0254. The number of anilines is 2. The number of rotatable bonds is 5. The summed E-state index contributed by atoms with van der Waals surface area (Å²) in [4.78, 5) is 31.8. The maximum Gasteiger partial charge on any atom is 0.325 e. The lowest BCUT2D eigenvalue weighted by molar-refractivity contribution is -0.162. The number of hydrogen-bond acceptors (Lipinski definition) is 6. The minimum Gasteiger partial charge on any atom is -0.459 e. The highest BCUT2D eigenvalue weighted by Crippen LogP contribution is 2.29. The first-order valence-corrected chi connectivity index (χ1v) is 10.1. The molecule has 1 amide bonds. The highest BCUT2D eigenvalue weighted by atomic mass is 16.6. The molecule has 7 nitrogen and oxygen atoms in total. The molecule has 0 aromatic heterocycles. The normalized spacial score (nSPS) is 22.9. The molecule has 7 heteroatoms. The van der Waals surface area contributed by atoms with Crippen molar-refractivity contribution in [3.8, 4) is 0 Å². The van der Waals surface area contributed by atoms with E-state index in [-0.39, 0.29) is 17.9 Å². The van der Waals surface area contributed by atoms with Crippen LogP contribution in [0.3, 0.4) is 0 Å². The summed E-state index contributed by atoms with van der Waals surface area (Å²) in [5, 5.41) is 3.23. The molecule has 0 saturated carbocycles. The summed E-state index contributed by atoms with van der Waals surface area (Å²) in [6.45, 7) is 13.1. The number of carbonyl (C=O) groups is 2. The largest absolute Gasteiger partial charge is 0.459 e. The number of piperazine rings is 1. The van der Waals surface area contributed by atoms with Crippen molar-refractivity contribution in [2.75, 3.05) is 42.6 Å². The van der Waals surface area contributed by atoms with Crippen LogP contribution in [0.15, 0.2) is 24.3 Å². The Morgan fingerprint density at radius 3 is 2.61 bits per heavy atom. The van der Waals surface area contributed by atoms with Crippen molar-refractivity contribution in [1.82, 2.24) is 10.2 Å². The van der Waals surface area contributed by atoms with E-state index in [2.05, 4.69) is 36.2 Å². The van der Waals surface area contributed by atoms with Crippen LogP contribution in [0, 0.1) is 0 Å².